The molecule has 5 heteroatoms. The lowest BCUT2D eigenvalue weighted by Gasteiger charge is -2.55. The number of esters is 1. The fourth-order valence-electron chi connectivity index (χ4n) is 5.82. The molecule has 1 heterocycles. The quantitative estimate of drug-likeness (QED) is 0.776. The molecule has 1 aliphatic heterocycles. The fraction of sp³-hybridized carbons (Fsp3) is 0.944. The smallest absolute Gasteiger partial charge is 0.312 e. The number of morpholine rings is 1. The van der Waals surface area contributed by atoms with Crippen molar-refractivity contribution in [3.63, 3.8) is 0 Å². The second kappa shape index (κ2) is 6.34. The lowest BCUT2D eigenvalue weighted by atomic mass is 9.49. The van der Waals surface area contributed by atoms with E-state index in [9.17, 15) is 9.90 Å². The van der Waals surface area contributed by atoms with Crippen LogP contribution in [0.3, 0.4) is 0 Å². The van der Waals surface area contributed by atoms with Crippen LogP contribution in [0, 0.1) is 23.2 Å². The summed E-state index contributed by atoms with van der Waals surface area (Å²) >= 11 is 0. The summed E-state index contributed by atoms with van der Waals surface area (Å²) in [5, 5.41) is 10.2. The van der Waals surface area contributed by atoms with Crippen LogP contribution in [0.4, 0.5) is 0 Å². The Morgan fingerprint density at radius 1 is 1.13 bits per heavy atom. The molecule has 1 atom stereocenters. The van der Waals surface area contributed by atoms with E-state index >= 15 is 0 Å². The highest BCUT2D eigenvalue weighted by molar-refractivity contribution is 5.77. The molecule has 0 spiro atoms. The highest BCUT2D eigenvalue weighted by atomic mass is 16.5. The minimum atomic E-state index is -0.592. The van der Waals surface area contributed by atoms with Crippen molar-refractivity contribution in [1.29, 1.82) is 0 Å². The highest BCUT2D eigenvalue weighted by Gasteiger charge is 2.55. The van der Waals surface area contributed by atoms with Crippen LogP contribution >= 0.6 is 0 Å². The molecule has 1 saturated heterocycles. The minimum Gasteiger partial charge on any atom is -0.462 e. The van der Waals surface area contributed by atoms with Gasteiger partial charge in [-0.2, -0.15) is 0 Å². The van der Waals surface area contributed by atoms with E-state index in [2.05, 4.69) is 4.90 Å². The van der Waals surface area contributed by atoms with Gasteiger partial charge in [-0.05, 0) is 56.3 Å². The fourth-order valence-corrected chi connectivity index (χ4v) is 5.82. The third-order valence-electron chi connectivity index (χ3n) is 6.45. The van der Waals surface area contributed by atoms with E-state index in [1.54, 1.807) is 0 Å². The maximum atomic E-state index is 12.7. The predicted octanol–water partition coefficient (Wildman–Crippen LogP) is 1.44. The van der Waals surface area contributed by atoms with Gasteiger partial charge in [-0.25, -0.2) is 0 Å². The van der Waals surface area contributed by atoms with Gasteiger partial charge < -0.3 is 14.6 Å². The molecule has 5 fully saturated rings. The third kappa shape index (κ3) is 3.28. The van der Waals surface area contributed by atoms with Gasteiger partial charge in [-0.15, -0.1) is 0 Å². The van der Waals surface area contributed by atoms with Crippen molar-refractivity contribution in [3.05, 3.63) is 0 Å². The molecule has 1 N–H and O–H groups in total. The number of β-amino-alcohol motifs (C(OH)–C–C–N with tert-alkyl or cyclic N) is 1. The van der Waals surface area contributed by atoms with E-state index in [4.69, 9.17) is 9.47 Å². The molecule has 0 aromatic carbocycles. The second-order valence-corrected chi connectivity index (χ2v) is 8.36. The van der Waals surface area contributed by atoms with Crippen molar-refractivity contribution in [2.75, 3.05) is 39.5 Å². The number of ether oxygens (including phenoxy) is 2. The Morgan fingerprint density at radius 3 is 2.26 bits per heavy atom. The number of carbonyl (C=O) groups is 1. The number of carbonyl (C=O) groups excluding carboxylic acids is 1. The topological polar surface area (TPSA) is 59.0 Å². The monoisotopic (exact) mass is 323 g/mol. The van der Waals surface area contributed by atoms with E-state index in [1.807, 2.05) is 0 Å². The van der Waals surface area contributed by atoms with Gasteiger partial charge >= 0.3 is 5.97 Å². The van der Waals surface area contributed by atoms with Crippen LogP contribution in [-0.4, -0.2) is 61.5 Å². The van der Waals surface area contributed by atoms with E-state index in [0.717, 1.165) is 63.3 Å². The zero-order chi connectivity index (χ0) is 15.9. The molecule has 0 aromatic rings. The molecule has 5 rings (SSSR count). The van der Waals surface area contributed by atoms with E-state index < -0.39 is 6.10 Å². The van der Waals surface area contributed by atoms with Crippen molar-refractivity contribution >= 4 is 5.97 Å². The summed E-state index contributed by atoms with van der Waals surface area (Å²) in [7, 11) is 0. The van der Waals surface area contributed by atoms with E-state index in [-0.39, 0.29) is 18.0 Å². The average Bonchev–Trinajstić information content (AvgIpc) is 2.52. The first-order valence-electron chi connectivity index (χ1n) is 9.28. The summed E-state index contributed by atoms with van der Waals surface area (Å²) in [6.07, 6.45) is 6.46. The summed E-state index contributed by atoms with van der Waals surface area (Å²) < 4.78 is 10.9. The predicted molar refractivity (Wildman–Crippen MR) is 84.8 cm³/mol. The average molecular weight is 323 g/mol. The van der Waals surface area contributed by atoms with Crippen LogP contribution in [0.1, 0.15) is 38.5 Å². The maximum Gasteiger partial charge on any atom is 0.312 e. The zero-order valence-electron chi connectivity index (χ0n) is 13.9. The maximum absolute atomic E-state index is 12.7. The van der Waals surface area contributed by atoms with Crippen LogP contribution in [0.5, 0.6) is 0 Å². The normalized spacial score (nSPS) is 41.0. The molecule has 4 aliphatic carbocycles. The van der Waals surface area contributed by atoms with Gasteiger partial charge in [-0.1, -0.05) is 0 Å². The van der Waals surface area contributed by atoms with Gasteiger partial charge in [0.1, 0.15) is 12.7 Å². The summed E-state index contributed by atoms with van der Waals surface area (Å²) in [4.78, 5) is 14.9. The summed E-state index contributed by atoms with van der Waals surface area (Å²) in [5.41, 5.74) is -0.215. The molecule has 0 amide bonds. The van der Waals surface area contributed by atoms with Gasteiger partial charge in [-0.3, -0.25) is 9.69 Å². The van der Waals surface area contributed by atoms with Crippen molar-refractivity contribution in [2.24, 2.45) is 23.2 Å². The molecule has 5 aliphatic rings. The number of aliphatic hydroxyl groups excluding tert-OH is 1. The Labute approximate surface area is 138 Å². The van der Waals surface area contributed by atoms with Crippen LogP contribution in [-0.2, 0) is 14.3 Å². The molecule has 0 radical (unpaired) electrons. The van der Waals surface area contributed by atoms with Crippen molar-refractivity contribution in [2.45, 2.75) is 44.6 Å². The number of nitrogens with zero attached hydrogens (tertiary/aromatic N) is 1. The van der Waals surface area contributed by atoms with Crippen molar-refractivity contribution in [1.82, 2.24) is 4.90 Å². The van der Waals surface area contributed by atoms with Gasteiger partial charge in [0.2, 0.25) is 0 Å². The second-order valence-electron chi connectivity index (χ2n) is 8.36. The Morgan fingerprint density at radius 2 is 1.70 bits per heavy atom. The minimum absolute atomic E-state index is 0.0300. The molecule has 5 nitrogen and oxygen atoms in total. The van der Waals surface area contributed by atoms with Crippen LogP contribution < -0.4 is 0 Å². The Bertz CT molecular complexity index is 411. The number of rotatable bonds is 5. The first-order chi connectivity index (χ1) is 11.1. The molecule has 0 aromatic heterocycles. The molecule has 130 valence electrons. The SMILES string of the molecule is O=C(OC[C@@H](O)CN1CCOCC1)C12CC3CC(CC(C3)C1)C2. The lowest BCUT2D eigenvalue weighted by molar-refractivity contribution is -0.174. The molecular formula is C18H29NO4. The van der Waals surface area contributed by atoms with Crippen molar-refractivity contribution < 1.29 is 19.4 Å². The lowest BCUT2D eigenvalue weighted by Crippen LogP contribution is -2.51. The highest BCUT2D eigenvalue weighted by Crippen LogP contribution is 2.60. The number of aliphatic hydroxyl groups is 1. The molecule has 4 saturated carbocycles. The van der Waals surface area contributed by atoms with Crippen molar-refractivity contribution in [3.8, 4) is 0 Å². The largest absolute Gasteiger partial charge is 0.462 e. The number of hydrogen-bond donors (Lipinski definition) is 1. The Hall–Kier alpha value is -0.650. The van der Waals surface area contributed by atoms with Gasteiger partial charge in [0.15, 0.2) is 0 Å². The van der Waals surface area contributed by atoms with E-state index in [0.29, 0.717) is 6.54 Å². The van der Waals surface area contributed by atoms with Gasteiger partial charge in [0, 0.05) is 19.6 Å². The standard InChI is InChI=1S/C18H29NO4/c20-16(11-19-1-3-22-4-2-19)12-23-17(21)18-8-13-5-14(9-18)7-15(6-13)10-18/h13-16,20H,1-12H2/t13?,14?,15?,16-,18?/m0/s1. The third-order valence-corrected chi connectivity index (χ3v) is 6.45. The first kappa shape index (κ1) is 15.9. The summed E-state index contributed by atoms with van der Waals surface area (Å²) in [6.45, 7) is 3.84. The molecular weight excluding hydrogens is 294 g/mol. The Kier molecular flexibility index (Phi) is 4.37. The Balaban J connectivity index is 1.28. The molecule has 4 bridgehead atoms. The van der Waals surface area contributed by atoms with Crippen LogP contribution in [0.2, 0.25) is 0 Å². The summed E-state index contributed by atoms with van der Waals surface area (Å²) in [6, 6.07) is 0. The molecule has 23 heavy (non-hydrogen) atoms. The first-order valence-corrected chi connectivity index (χ1v) is 9.28. The van der Waals surface area contributed by atoms with E-state index in [1.165, 1.54) is 19.3 Å². The molecule has 0 unspecified atom stereocenters. The number of hydrogen-bond acceptors (Lipinski definition) is 5. The van der Waals surface area contributed by atoms with Crippen LogP contribution in [0.25, 0.3) is 0 Å². The van der Waals surface area contributed by atoms with Gasteiger partial charge in [0.25, 0.3) is 0 Å². The van der Waals surface area contributed by atoms with Gasteiger partial charge in [0.05, 0.1) is 18.6 Å². The van der Waals surface area contributed by atoms with Crippen LogP contribution in [0.15, 0.2) is 0 Å². The summed E-state index contributed by atoms with van der Waals surface area (Å²) in [5.74, 6) is 2.20. The zero-order valence-corrected chi connectivity index (χ0v) is 13.9.